The van der Waals surface area contributed by atoms with Crippen LogP contribution in [0.15, 0.2) is 58.5 Å². The highest BCUT2D eigenvalue weighted by Crippen LogP contribution is 2.35. The van der Waals surface area contributed by atoms with Crippen molar-refractivity contribution >= 4 is 34.1 Å². The summed E-state index contributed by atoms with van der Waals surface area (Å²) < 4.78 is 0. The Morgan fingerprint density at radius 1 is 1.06 bits per heavy atom. The van der Waals surface area contributed by atoms with Gasteiger partial charge in [0.1, 0.15) is 5.04 Å². The smallest absolute Gasteiger partial charge is 0.234 e. The van der Waals surface area contributed by atoms with Crippen LogP contribution in [0.4, 0.5) is 5.69 Å². The van der Waals surface area contributed by atoms with Gasteiger partial charge >= 0.3 is 0 Å². The highest BCUT2D eigenvalue weighted by Gasteiger charge is 2.39. The lowest BCUT2D eigenvalue weighted by Gasteiger charge is -2.34. The van der Waals surface area contributed by atoms with E-state index in [2.05, 4.69) is 42.3 Å². The van der Waals surface area contributed by atoms with Crippen LogP contribution < -0.4 is 5.32 Å². The first-order valence-corrected chi connectivity index (χ1v) is 11.9. The van der Waals surface area contributed by atoms with Gasteiger partial charge in [-0.05, 0) is 37.6 Å². The van der Waals surface area contributed by atoms with E-state index in [1.54, 1.807) is 0 Å². The Hall–Kier alpha value is -2.44. The van der Waals surface area contributed by atoms with Gasteiger partial charge in [-0.15, -0.1) is 0 Å². The van der Waals surface area contributed by atoms with Crippen molar-refractivity contribution in [2.45, 2.75) is 39.3 Å². The molecule has 0 bridgehead atoms. The van der Waals surface area contributed by atoms with Crippen molar-refractivity contribution in [1.82, 2.24) is 4.90 Å². The molecule has 0 unspecified atom stereocenters. The molecule has 162 valence electrons. The summed E-state index contributed by atoms with van der Waals surface area (Å²) in [6.45, 7) is 9.37. The molecule has 1 N–H and O–H groups in total. The quantitative estimate of drug-likeness (QED) is 0.743. The zero-order valence-electron chi connectivity index (χ0n) is 18.5. The summed E-state index contributed by atoms with van der Waals surface area (Å²) in [6, 6.07) is 16.2. The molecular weight excluding hydrogens is 404 g/mol. The second-order valence-electron chi connectivity index (χ2n) is 8.24. The number of carbonyl (C=O) groups is 1. The number of aliphatic imine (C=N–C) groups is 2. The van der Waals surface area contributed by atoms with Gasteiger partial charge in [-0.2, -0.15) is 0 Å². The second-order valence-corrected chi connectivity index (χ2v) is 9.21. The molecule has 0 aliphatic carbocycles. The first-order chi connectivity index (χ1) is 15.0. The predicted octanol–water partition coefficient (Wildman–Crippen LogP) is 4.69. The van der Waals surface area contributed by atoms with Gasteiger partial charge in [0.15, 0.2) is 5.66 Å². The number of thioether (sulfide) groups is 1. The first-order valence-electron chi connectivity index (χ1n) is 11.0. The van der Waals surface area contributed by atoms with E-state index in [0.717, 1.165) is 60.0 Å². The molecule has 1 spiro atoms. The average Bonchev–Trinajstić information content (AvgIpc) is 3.15. The van der Waals surface area contributed by atoms with Crippen LogP contribution in [0.5, 0.6) is 0 Å². The average molecular weight is 435 g/mol. The number of rotatable bonds is 5. The largest absolute Gasteiger partial charge is 0.325 e. The lowest BCUT2D eigenvalue weighted by atomic mass is 9.98. The number of anilines is 1. The Bertz CT molecular complexity index is 1010. The Morgan fingerprint density at radius 2 is 1.81 bits per heavy atom. The van der Waals surface area contributed by atoms with Crippen LogP contribution in [0.3, 0.4) is 0 Å². The van der Waals surface area contributed by atoms with E-state index in [-0.39, 0.29) is 11.6 Å². The van der Waals surface area contributed by atoms with E-state index in [0.29, 0.717) is 5.75 Å². The van der Waals surface area contributed by atoms with E-state index in [1.807, 2.05) is 37.3 Å². The van der Waals surface area contributed by atoms with Crippen molar-refractivity contribution in [3.63, 3.8) is 0 Å². The van der Waals surface area contributed by atoms with Gasteiger partial charge in [0.05, 0.1) is 11.5 Å². The Morgan fingerprint density at radius 3 is 2.52 bits per heavy atom. The molecule has 6 heteroatoms. The van der Waals surface area contributed by atoms with Gasteiger partial charge in [-0.3, -0.25) is 9.79 Å². The van der Waals surface area contributed by atoms with E-state index in [1.165, 1.54) is 17.3 Å². The summed E-state index contributed by atoms with van der Waals surface area (Å²) in [7, 11) is 0. The fraction of sp³-hybridized carbons (Fsp3) is 0.400. The van der Waals surface area contributed by atoms with Crippen molar-refractivity contribution < 1.29 is 4.79 Å². The minimum absolute atomic E-state index is 0.0180. The number of piperidine rings is 1. The number of likely N-dealkylation sites (tertiary alicyclic amines) is 1. The van der Waals surface area contributed by atoms with Crippen LogP contribution in [-0.2, 0) is 4.79 Å². The lowest BCUT2D eigenvalue weighted by molar-refractivity contribution is -0.113. The molecule has 2 aliphatic heterocycles. The summed E-state index contributed by atoms with van der Waals surface area (Å²) in [5, 5.41) is 3.93. The Balaban J connectivity index is 1.50. The molecule has 0 saturated carbocycles. The molecule has 1 saturated heterocycles. The minimum atomic E-state index is -0.372. The Kier molecular flexibility index (Phi) is 6.58. The van der Waals surface area contributed by atoms with Crippen LogP contribution in [0, 0.1) is 13.8 Å². The molecule has 0 atom stereocenters. The lowest BCUT2D eigenvalue weighted by Crippen LogP contribution is -2.41. The molecule has 2 aromatic rings. The third-order valence-electron chi connectivity index (χ3n) is 6.20. The fourth-order valence-corrected chi connectivity index (χ4v) is 4.94. The van der Waals surface area contributed by atoms with Gasteiger partial charge in [0.25, 0.3) is 0 Å². The standard InChI is InChI=1S/C25H30N4OS/c1-4-29-15-13-25(14-16-29)27-23(20-10-6-5-7-11-20)24(28-25)31-17-22(30)26-21-12-8-9-18(2)19(21)3/h5-12H,4,13-17H2,1-3H3,(H,26,30). The normalized spacial score (nSPS) is 18.0. The highest BCUT2D eigenvalue weighted by atomic mass is 32.2. The molecule has 5 nitrogen and oxygen atoms in total. The molecule has 2 aromatic carbocycles. The zero-order chi connectivity index (χ0) is 21.8. The van der Waals surface area contributed by atoms with Crippen LogP contribution >= 0.6 is 11.8 Å². The number of nitrogens with zero attached hydrogens (tertiary/aromatic N) is 3. The predicted molar refractivity (Wildman–Crippen MR) is 131 cm³/mol. The van der Waals surface area contributed by atoms with Gasteiger partial charge in [0.2, 0.25) is 5.91 Å². The third-order valence-corrected chi connectivity index (χ3v) is 7.17. The van der Waals surface area contributed by atoms with Gasteiger partial charge in [-0.1, -0.05) is 61.2 Å². The van der Waals surface area contributed by atoms with Gasteiger partial charge < -0.3 is 10.2 Å². The number of amides is 1. The SMILES string of the molecule is CCN1CCC2(CC1)N=C(SCC(=O)Nc1cccc(C)c1C)C(c1ccccc1)=N2. The van der Waals surface area contributed by atoms with Crippen molar-refractivity contribution in [2.24, 2.45) is 9.98 Å². The maximum Gasteiger partial charge on any atom is 0.234 e. The summed E-state index contributed by atoms with van der Waals surface area (Å²) in [4.78, 5) is 25.3. The topological polar surface area (TPSA) is 57.1 Å². The molecular formula is C25H30N4OS. The summed E-state index contributed by atoms with van der Waals surface area (Å²) in [5.41, 5.74) is 4.77. The first kappa shape index (κ1) is 21.8. The van der Waals surface area contributed by atoms with Crippen molar-refractivity contribution in [3.8, 4) is 0 Å². The summed E-state index contributed by atoms with van der Waals surface area (Å²) in [6.07, 6.45) is 1.85. The van der Waals surface area contributed by atoms with Crippen LogP contribution in [0.2, 0.25) is 0 Å². The molecule has 0 radical (unpaired) electrons. The molecule has 1 fully saturated rings. The number of hydrogen-bond acceptors (Lipinski definition) is 5. The van der Waals surface area contributed by atoms with E-state index in [4.69, 9.17) is 9.98 Å². The Labute approximate surface area is 189 Å². The molecule has 0 aromatic heterocycles. The monoisotopic (exact) mass is 434 g/mol. The van der Waals surface area contributed by atoms with Crippen LogP contribution in [0.1, 0.15) is 36.5 Å². The van der Waals surface area contributed by atoms with Crippen molar-refractivity contribution in [3.05, 3.63) is 65.2 Å². The molecule has 1 amide bonds. The van der Waals surface area contributed by atoms with E-state index in [9.17, 15) is 4.79 Å². The zero-order valence-corrected chi connectivity index (χ0v) is 19.3. The number of hydrogen-bond donors (Lipinski definition) is 1. The van der Waals surface area contributed by atoms with Gasteiger partial charge in [0, 0.05) is 37.2 Å². The molecule has 2 aliphatic rings. The highest BCUT2D eigenvalue weighted by molar-refractivity contribution is 8.16. The molecule has 4 rings (SSSR count). The van der Waals surface area contributed by atoms with Crippen molar-refractivity contribution in [1.29, 1.82) is 0 Å². The van der Waals surface area contributed by atoms with E-state index >= 15 is 0 Å². The minimum Gasteiger partial charge on any atom is -0.325 e. The number of nitrogens with one attached hydrogen (secondary N) is 1. The van der Waals surface area contributed by atoms with Crippen LogP contribution in [0.25, 0.3) is 0 Å². The van der Waals surface area contributed by atoms with E-state index < -0.39 is 0 Å². The third kappa shape index (κ3) is 4.91. The molecule has 31 heavy (non-hydrogen) atoms. The van der Waals surface area contributed by atoms with Gasteiger partial charge in [-0.25, -0.2) is 4.99 Å². The van der Waals surface area contributed by atoms with Crippen molar-refractivity contribution in [2.75, 3.05) is 30.7 Å². The summed E-state index contributed by atoms with van der Waals surface area (Å²) >= 11 is 1.49. The maximum absolute atomic E-state index is 12.7. The van der Waals surface area contributed by atoms with Crippen LogP contribution in [-0.4, -0.2) is 52.6 Å². The number of aryl methyl sites for hydroxylation is 1. The fourth-order valence-electron chi connectivity index (χ4n) is 4.07. The molecule has 2 heterocycles. The summed E-state index contributed by atoms with van der Waals surface area (Å²) in [5.74, 6) is 0.297. The number of carbonyl (C=O) groups excluding carboxylic acids is 1. The maximum atomic E-state index is 12.7. The second kappa shape index (κ2) is 9.37. The number of benzene rings is 2.